The lowest BCUT2D eigenvalue weighted by atomic mass is 9.98. The monoisotopic (exact) mass is 203 g/mol. The van der Waals surface area contributed by atoms with Crippen LogP contribution in [0.1, 0.15) is 37.7 Å². The molecule has 0 amide bonds. The number of rotatable bonds is 3. The number of hydrogen-bond acceptors (Lipinski definition) is 2. The molecule has 1 unspecified atom stereocenters. The molecule has 2 heteroatoms. The molecule has 1 saturated carbocycles. The Bertz CT molecular complexity index is 332. The molecule has 0 spiro atoms. The Morgan fingerprint density at radius 2 is 2.13 bits per heavy atom. The van der Waals surface area contributed by atoms with Gasteiger partial charge in [-0.1, -0.05) is 35.5 Å². The van der Waals surface area contributed by atoms with E-state index in [0.717, 1.165) is 12.8 Å². The summed E-state index contributed by atoms with van der Waals surface area (Å²) < 4.78 is 0. The maximum Gasteiger partial charge on any atom is 0.114 e. The molecule has 0 aromatic heterocycles. The summed E-state index contributed by atoms with van der Waals surface area (Å²) in [6.45, 7) is 2.63. The van der Waals surface area contributed by atoms with Gasteiger partial charge in [0.2, 0.25) is 0 Å². The van der Waals surface area contributed by atoms with Crippen molar-refractivity contribution in [2.24, 2.45) is 5.16 Å². The zero-order valence-electron chi connectivity index (χ0n) is 9.15. The van der Waals surface area contributed by atoms with E-state index in [0.29, 0.717) is 12.5 Å². The molecule has 0 radical (unpaired) electrons. The normalized spacial score (nSPS) is 23.3. The van der Waals surface area contributed by atoms with E-state index in [-0.39, 0.29) is 0 Å². The molecule has 1 aliphatic rings. The van der Waals surface area contributed by atoms with Gasteiger partial charge in [0.1, 0.15) is 6.61 Å². The Balaban J connectivity index is 1.99. The molecule has 0 saturated heterocycles. The third-order valence-corrected chi connectivity index (χ3v) is 2.86. The molecular weight excluding hydrogens is 186 g/mol. The van der Waals surface area contributed by atoms with Gasteiger partial charge in [-0.15, -0.1) is 0 Å². The summed E-state index contributed by atoms with van der Waals surface area (Å²) >= 11 is 0. The van der Waals surface area contributed by atoms with E-state index < -0.39 is 0 Å². The summed E-state index contributed by atoms with van der Waals surface area (Å²) in [5.74, 6) is 0.644. The Kier molecular flexibility index (Phi) is 3.38. The molecule has 0 bridgehead atoms. The first-order valence-electron chi connectivity index (χ1n) is 5.62. The standard InChI is InChI=1S/C13H17NO/c1-2-15-14-13-9-8-12(10-13)11-6-4-3-5-7-11/h3-7,12H,2,8-10H2,1H3/b14-13+. The smallest absolute Gasteiger partial charge is 0.114 e. The van der Waals surface area contributed by atoms with Crippen LogP contribution in [-0.2, 0) is 4.84 Å². The second-order valence-electron chi connectivity index (χ2n) is 3.93. The van der Waals surface area contributed by atoms with E-state index in [9.17, 15) is 0 Å². The van der Waals surface area contributed by atoms with Gasteiger partial charge in [0, 0.05) is 0 Å². The molecular formula is C13H17NO. The van der Waals surface area contributed by atoms with Crippen molar-refractivity contribution in [1.82, 2.24) is 0 Å². The highest BCUT2D eigenvalue weighted by atomic mass is 16.6. The third kappa shape index (κ3) is 2.58. The Hall–Kier alpha value is -1.31. The lowest BCUT2D eigenvalue weighted by Gasteiger charge is -2.07. The highest BCUT2D eigenvalue weighted by Crippen LogP contribution is 2.32. The van der Waals surface area contributed by atoms with Gasteiger partial charge in [-0.25, -0.2) is 0 Å². The van der Waals surface area contributed by atoms with Crippen LogP contribution in [-0.4, -0.2) is 12.3 Å². The molecule has 1 fully saturated rings. The lowest BCUT2D eigenvalue weighted by molar-refractivity contribution is 0.158. The zero-order valence-corrected chi connectivity index (χ0v) is 9.15. The van der Waals surface area contributed by atoms with Crippen LogP contribution in [0.2, 0.25) is 0 Å². The van der Waals surface area contributed by atoms with Gasteiger partial charge in [0.15, 0.2) is 0 Å². The maximum atomic E-state index is 5.09. The minimum Gasteiger partial charge on any atom is -0.396 e. The molecule has 1 aromatic rings. The number of oxime groups is 1. The second kappa shape index (κ2) is 4.96. The SMILES string of the molecule is CCO/N=C1\CCC(c2ccccc2)C1. The number of hydrogen-bond donors (Lipinski definition) is 0. The van der Waals surface area contributed by atoms with Crippen molar-refractivity contribution < 1.29 is 4.84 Å². The first kappa shape index (κ1) is 10.2. The van der Waals surface area contributed by atoms with Gasteiger partial charge >= 0.3 is 0 Å². The van der Waals surface area contributed by atoms with E-state index >= 15 is 0 Å². The summed E-state index contributed by atoms with van der Waals surface area (Å²) in [5.41, 5.74) is 2.64. The molecule has 0 N–H and O–H groups in total. The fourth-order valence-corrected chi connectivity index (χ4v) is 2.08. The van der Waals surface area contributed by atoms with E-state index in [2.05, 4.69) is 35.5 Å². The molecule has 0 heterocycles. The molecule has 1 aromatic carbocycles. The van der Waals surface area contributed by atoms with Crippen LogP contribution < -0.4 is 0 Å². The molecule has 2 rings (SSSR count). The summed E-state index contributed by atoms with van der Waals surface area (Å²) in [6.07, 6.45) is 3.35. The summed E-state index contributed by atoms with van der Waals surface area (Å²) in [4.78, 5) is 5.09. The van der Waals surface area contributed by atoms with Crippen LogP contribution in [0.3, 0.4) is 0 Å². The van der Waals surface area contributed by atoms with Gasteiger partial charge in [0.05, 0.1) is 5.71 Å². The first-order chi connectivity index (χ1) is 7.40. The van der Waals surface area contributed by atoms with Crippen LogP contribution in [0, 0.1) is 0 Å². The van der Waals surface area contributed by atoms with Crippen LogP contribution in [0.25, 0.3) is 0 Å². The predicted octanol–water partition coefficient (Wildman–Crippen LogP) is 3.35. The van der Waals surface area contributed by atoms with Gasteiger partial charge in [-0.05, 0) is 37.7 Å². The van der Waals surface area contributed by atoms with Gasteiger partial charge in [0.25, 0.3) is 0 Å². The van der Waals surface area contributed by atoms with Crippen LogP contribution >= 0.6 is 0 Å². The zero-order chi connectivity index (χ0) is 10.5. The van der Waals surface area contributed by atoms with Gasteiger partial charge < -0.3 is 4.84 Å². The molecule has 1 atom stereocenters. The molecule has 80 valence electrons. The largest absolute Gasteiger partial charge is 0.396 e. The van der Waals surface area contributed by atoms with Gasteiger partial charge in [-0.3, -0.25) is 0 Å². The van der Waals surface area contributed by atoms with Crippen molar-refractivity contribution in [1.29, 1.82) is 0 Å². The topological polar surface area (TPSA) is 21.6 Å². The fraction of sp³-hybridized carbons (Fsp3) is 0.462. The highest BCUT2D eigenvalue weighted by molar-refractivity contribution is 5.86. The second-order valence-corrected chi connectivity index (χ2v) is 3.93. The minimum atomic E-state index is 0.644. The van der Waals surface area contributed by atoms with Crippen molar-refractivity contribution in [3.63, 3.8) is 0 Å². The Morgan fingerprint density at radius 1 is 1.33 bits per heavy atom. The van der Waals surface area contributed by atoms with Crippen LogP contribution in [0.4, 0.5) is 0 Å². The molecule has 15 heavy (non-hydrogen) atoms. The predicted molar refractivity (Wildman–Crippen MR) is 62.1 cm³/mol. The molecule has 2 nitrogen and oxygen atoms in total. The first-order valence-corrected chi connectivity index (χ1v) is 5.62. The fourth-order valence-electron chi connectivity index (χ4n) is 2.08. The molecule has 1 aliphatic carbocycles. The summed E-state index contributed by atoms with van der Waals surface area (Å²) in [5, 5.41) is 4.13. The van der Waals surface area contributed by atoms with E-state index in [1.165, 1.54) is 17.7 Å². The highest BCUT2D eigenvalue weighted by Gasteiger charge is 2.22. The van der Waals surface area contributed by atoms with Crippen molar-refractivity contribution in [2.45, 2.75) is 32.1 Å². The van der Waals surface area contributed by atoms with Crippen molar-refractivity contribution >= 4 is 5.71 Å². The van der Waals surface area contributed by atoms with Crippen molar-refractivity contribution in [3.8, 4) is 0 Å². The Morgan fingerprint density at radius 3 is 2.87 bits per heavy atom. The van der Waals surface area contributed by atoms with Crippen molar-refractivity contribution in [2.75, 3.05) is 6.61 Å². The van der Waals surface area contributed by atoms with E-state index in [4.69, 9.17) is 4.84 Å². The van der Waals surface area contributed by atoms with E-state index in [1.807, 2.05) is 6.92 Å². The average Bonchev–Trinajstić information content (AvgIpc) is 2.76. The minimum absolute atomic E-state index is 0.644. The quantitative estimate of drug-likeness (QED) is 0.690. The lowest BCUT2D eigenvalue weighted by Crippen LogP contribution is -1.95. The summed E-state index contributed by atoms with van der Waals surface area (Å²) in [6, 6.07) is 10.7. The number of benzene rings is 1. The number of nitrogens with zero attached hydrogens (tertiary/aromatic N) is 1. The Labute approximate surface area is 90.9 Å². The average molecular weight is 203 g/mol. The van der Waals surface area contributed by atoms with Crippen molar-refractivity contribution in [3.05, 3.63) is 35.9 Å². The molecule has 0 aliphatic heterocycles. The summed E-state index contributed by atoms with van der Waals surface area (Å²) in [7, 11) is 0. The third-order valence-electron chi connectivity index (χ3n) is 2.86. The van der Waals surface area contributed by atoms with E-state index in [1.54, 1.807) is 0 Å². The van der Waals surface area contributed by atoms with Gasteiger partial charge in [-0.2, -0.15) is 0 Å². The van der Waals surface area contributed by atoms with Crippen LogP contribution in [0.15, 0.2) is 35.5 Å². The maximum absolute atomic E-state index is 5.09. The van der Waals surface area contributed by atoms with Crippen LogP contribution in [0.5, 0.6) is 0 Å².